The zero-order valence-corrected chi connectivity index (χ0v) is 12.0. The highest BCUT2D eigenvalue weighted by atomic mass is 16.5. The van der Waals surface area contributed by atoms with Gasteiger partial charge in [0.1, 0.15) is 5.76 Å². The van der Waals surface area contributed by atoms with Crippen LogP contribution in [0.25, 0.3) is 0 Å². The van der Waals surface area contributed by atoms with E-state index in [1.807, 2.05) is 11.8 Å². The topological polar surface area (TPSA) is 87.5 Å². The summed E-state index contributed by atoms with van der Waals surface area (Å²) in [6, 6.07) is 1.65. The summed E-state index contributed by atoms with van der Waals surface area (Å²) in [4.78, 5) is 25.9. The minimum Gasteiger partial charge on any atom is -0.360 e. The molecule has 2 heterocycles. The summed E-state index contributed by atoms with van der Waals surface area (Å²) >= 11 is 0. The number of hydrogen-bond acceptors (Lipinski definition) is 5. The van der Waals surface area contributed by atoms with Crippen molar-refractivity contribution in [2.45, 2.75) is 32.2 Å². The molecule has 0 unspecified atom stereocenters. The number of aryl methyl sites for hydroxylation is 1. The van der Waals surface area contributed by atoms with Gasteiger partial charge < -0.3 is 15.2 Å². The van der Waals surface area contributed by atoms with Crippen molar-refractivity contribution in [3.63, 3.8) is 0 Å². The van der Waals surface area contributed by atoms with Crippen molar-refractivity contribution in [2.75, 3.05) is 25.5 Å². The summed E-state index contributed by atoms with van der Waals surface area (Å²) in [7, 11) is 1.61. The molecule has 110 valence electrons. The highest BCUT2D eigenvalue weighted by Crippen LogP contribution is 2.28. The molecule has 0 saturated carbocycles. The Morgan fingerprint density at radius 3 is 2.90 bits per heavy atom. The van der Waals surface area contributed by atoms with E-state index in [1.54, 1.807) is 20.0 Å². The van der Waals surface area contributed by atoms with Crippen LogP contribution < -0.4 is 10.6 Å². The maximum Gasteiger partial charge on any atom is 0.239 e. The Hall–Kier alpha value is -1.89. The number of amides is 2. The minimum absolute atomic E-state index is 0.0555. The van der Waals surface area contributed by atoms with Crippen molar-refractivity contribution < 1.29 is 14.1 Å². The van der Waals surface area contributed by atoms with Gasteiger partial charge in [-0.1, -0.05) is 5.16 Å². The molecule has 0 radical (unpaired) electrons. The number of likely N-dealkylation sites (tertiary alicyclic amines) is 1. The van der Waals surface area contributed by atoms with Crippen LogP contribution in [-0.4, -0.2) is 47.5 Å². The highest BCUT2D eigenvalue weighted by Gasteiger charge is 2.43. The molecule has 1 saturated heterocycles. The number of anilines is 1. The number of hydrogen-bond donors (Lipinski definition) is 2. The Morgan fingerprint density at radius 2 is 2.30 bits per heavy atom. The Bertz CT molecular complexity index is 513. The molecule has 0 aromatic carbocycles. The molecule has 1 aliphatic rings. The van der Waals surface area contributed by atoms with Gasteiger partial charge >= 0.3 is 0 Å². The molecule has 7 heteroatoms. The minimum atomic E-state index is -0.619. The van der Waals surface area contributed by atoms with Gasteiger partial charge in [0.25, 0.3) is 0 Å². The van der Waals surface area contributed by atoms with Crippen LogP contribution in [0.1, 0.15) is 25.5 Å². The third-order valence-corrected chi connectivity index (χ3v) is 3.74. The summed E-state index contributed by atoms with van der Waals surface area (Å²) < 4.78 is 4.89. The molecule has 7 nitrogen and oxygen atoms in total. The fourth-order valence-electron chi connectivity index (χ4n) is 2.58. The Balaban J connectivity index is 1.98. The highest BCUT2D eigenvalue weighted by molar-refractivity contribution is 5.92. The van der Waals surface area contributed by atoms with E-state index in [4.69, 9.17) is 4.52 Å². The van der Waals surface area contributed by atoms with Gasteiger partial charge in [0.15, 0.2) is 5.82 Å². The molecule has 1 aliphatic heterocycles. The van der Waals surface area contributed by atoms with E-state index in [1.165, 1.54) is 0 Å². The van der Waals surface area contributed by atoms with Gasteiger partial charge in [-0.3, -0.25) is 14.5 Å². The van der Waals surface area contributed by atoms with E-state index in [-0.39, 0.29) is 18.4 Å². The largest absolute Gasteiger partial charge is 0.360 e. The van der Waals surface area contributed by atoms with Gasteiger partial charge in [-0.25, -0.2) is 0 Å². The Kier molecular flexibility index (Phi) is 4.08. The lowest BCUT2D eigenvalue weighted by Gasteiger charge is -2.32. The zero-order valence-electron chi connectivity index (χ0n) is 12.0. The molecule has 0 aliphatic carbocycles. The second-order valence-electron chi connectivity index (χ2n) is 5.25. The summed E-state index contributed by atoms with van der Waals surface area (Å²) in [6.45, 7) is 4.52. The molecule has 2 rings (SSSR count). The standard InChI is InChI=1S/C13H20N4O3/c1-9-7-10(16-20-9)15-11(18)8-17-6-4-5-13(17,2)12(19)14-3/h7H,4-6,8H2,1-3H3,(H,14,19)(H,15,16,18)/t13-/m1/s1. The molecular formula is C13H20N4O3. The fraction of sp³-hybridized carbons (Fsp3) is 0.615. The Morgan fingerprint density at radius 1 is 1.55 bits per heavy atom. The summed E-state index contributed by atoms with van der Waals surface area (Å²) in [6.07, 6.45) is 1.66. The lowest BCUT2D eigenvalue weighted by atomic mass is 9.98. The van der Waals surface area contributed by atoms with Crippen LogP contribution in [0.2, 0.25) is 0 Å². The fourth-order valence-corrected chi connectivity index (χ4v) is 2.58. The van der Waals surface area contributed by atoms with E-state index in [0.717, 1.165) is 19.4 Å². The van der Waals surface area contributed by atoms with Crippen LogP contribution in [0.5, 0.6) is 0 Å². The molecule has 2 N–H and O–H groups in total. The molecule has 20 heavy (non-hydrogen) atoms. The number of carbonyl (C=O) groups excluding carboxylic acids is 2. The molecule has 1 aromatic rings. The third kappa shape index (κ3) is 2.82. The second kappa shape index (κ2) is 5.62. The number of nitrogens with one attached hydrogen (secondary N) is 2. The maximum atomic E-state index is 12.0. The van der Waals surface area contributed by atoms with Crippen molar-refractivity contribution in [3.8, 4) is 0 Å². The molecule has 1 aromatic heterocycles. The van der Waals surface area contributed by atoms with Crippen molar-refractivity contribution >= 4 is 17.6 Å². The van der Waals surface area contributed by atoms with E-state index >= 15 is 0 Å². The van der Waals surface area contributed by atoms with Gasteiger partial charge in [0.2, 0.25) is 11.8 Å². The number of carbonyl (C=O) groups is 2. The molecule has 1 atom stereocenters. The van der Waals surface area contributed by atoms with Crippen molar-refractivity contribution in [1.29, 1.82) is 0 Å². The zero-order chi connectivity index (χ0) is 14.8. The SMILES string of the molecule is CNC(=O)[C@@]1(C)CCCN1CC(=O)Nc1cc(C)on1. The number of rotatable bonds is 4. The van der Waals surface area contributed by atoms with Crippen LogP contribution in [0, 0.1) is 6.92 Å². The first-order valence-corrected chi connectivity index (χ1v) is 6.66. The molecule has 0 spiro atoms. The molecule has 2 amide bonds. The lowest BCUT2D eigenvalue weighted by Crippen LogP contribution is -2.54. The Labute approximate surface area is 117 Å². The van der Waals surface area contributed by atoms with Gasteiger partial charge in [0.05, 0.1) is 12.1 Å². The first kappa shape index (κ1) is 14.5. The quantitative estimate of drug-likeness (QED) is 0.839. The van der Waals surface area contributed by atoms with Crippen LogP contribution in [-0.2, 0) is 9.59 Å². The van der Waals surface area contributed by atoms with Crippen LogP contribution in [0.4, 0.5) is 5.82 Å². The first-order valence-electron chi connectivity index (χ1n) is 6.66. The van der Waals surface area contributed by atoms with Gasteiger partial charge in [0, 0.05) is 13.1 Å². The van der Waals surface area contributed by atoms with Crippen LogP contribution in [0.15, 0.2) is 10.6 Å². The first-order chi connectivity index (χ1) is 9.45. The molecular weight excluding hydrogens is 260 g/mol. The van der Waals surface area contributed by atoms with Crippen molar-refractivity contribution in [1.82, 2.24) is 15.4 Å². The number of likely N-dealkylation sites (N-methyl/N-ethyl adjacent to an activating group) is 1. The van der Waals surface area contributed by atoms with E-state index in [2.05, 4.69) is 15.8 Å². The van der Waals surface area contributed by atoms with Crippen LogP contribution in [0.3, 0.4) is 0 Å². The van der Waals surface area contributed by atoms with Crippen molar-refractivity contribution in [3.05, 3.63) is 11.8 Å². The van der Waals surface area contributed by atoms with Gasteiger partial charge in [-0.2, -0.15) is 0 Å². The lowest BCUT2D eigenvalue weighted by molar-refractivity contribution is -0.131. The summed E-state index contributed by atoms with van der Waals surface area (Å²) in [5.41, 5.74) is -0.619. The monoisotopic (exact) mass is 280 g/mol. The number of nitrogens with zero attached hydrogens (tertiary/aromatic N) is 2. The van der Waals surface area contributed by atoms with Crippen LogP contribution >= 0.6 is 0 Å². The van der Waals surface area contributed by atoms with E-state index in [0.29, 0.717) is 11.6 Å². The van der Waals surface area contributed by atoms with Gasteiger partial charge in [-0.05, 0) is 33.2 Å². The normalized spacial score (nSPS) is 22.8. The van der Waals surface area contributed by atoms with Crippen molar-refractivity contribution in [2.24, 2.45) is 0 Å². The predicted molar refractivity (Wildman–Crippen MR) is 73.1 cm³/mol. The third-order valence-electron chi connectivity index (χ3n) is 3.74. The second-order valence-corrected chi connectivity index (χ2v) is 5.25. The smallest absolute Gasteiger partial charge is 0.239 e. The number of aromatic nitrogens is 1. The summed E-state index contributed by atoms with van der Waals surface area (Å²) in [5.74, 6) is 0.778. The van der Waals surface area contributed by atoms with E-state index in [9.17, 15) is 9.59 Å². The predicted octanol–water partition coefficient (Wildman–Crippen LogP) is 0.522. The van der Waals surface area contributed by atoms with E-state index < -0.39 is 5.54 Å². The summed E-state index contributed by atoms with van der Waals surface area (Å²) in [5, 5.41) is 9.04. The molecule has 1 fully saturated rings. The average molecular weight is 280 g/mol. The maximum absolute atomic E-state index is 12.0. The molecule has 0 bridgehead atoms. The average Bonchev–Trinajstić information content (AvgIpc) is 2.96. The van der Waals surface area contributed by atoms with Gasteiger partial charge in [-0.15, -0.1) is 0 Å².